The SMILES string of the molecule is O=C(O)[C@H]1C2C[C@H]3C[C@H](C2)CC1(n1ncc(Nc2ccc(O)cc2)c(Cl)c1=O)C3. The van der Waals surface area contributed by atoms with Gasteiger partial charge in [-0.2, -0.15) is 5.10 Å². The molecule has 8 heteroatoms. The molecular weight excluding hydrogens is 394 g/mol. The number of carboxylic acids is 1. The highest BCUT2D eigenvalue weighted by Gasteiger charge is 2.61. The van der Waals surface area contributed by atoms with Crippen LogP contribution in [0.25, 0.3) is 0 Å². The Morgan fingerprint density at radius 1 is 1.17 bits per heavy atom. The number of nitrogens with zero attached hydrogens (tertiary/aromatic N) is 2. The van der Waals surface area contributed by atoms with Gasteiger partial charge in [-0.1, -0.05) is 11.6 Å². The lowest BCUT2D eigenvalue weighted by atomic mass is 9.48. The van der Waals surface area contributed by atoms with E-state index in [9.17, 15) is 19.8 Å². The number of anilines is 2. The normalized spacial score (nSPS) is 32.3. The number of halogens is 1. The predicted octanol–water partition coefficient (Wildman–Crippen LogP) is 3.58. The van der Waals surface area contributed by atoms with Gasteiger partial charge < -0.3 is 15.5 Å². The van der Waals surface area contributed by atoms with Crippen molar-refractivity contribution in [3.05, 3.63) is 45.8 Å². The molecule has 3 atom stereocenters. The molecule has 0 saturated heterocycles. The van der Waals surface area contributed by atoms with Crippen LogP contribution in [-0.2, 0) is 10.3 Å². The lowest BCUT2D eigenvalue weighted by molar-refractivity contribution is -0.168. The van der Waals surface area contributed by atoms with Gasteiger partial charge in [0, 0.05) is 5.69 Å². The molecule has 0 radical (unpaired) electrons. The summed E-state index contributed by atoms with van der Waals surface area (Å²) in [4.78, 5) is 25.4. The van der Waals surface area contributed by atoms with Crippen LogP contribution >= 0.6 is 11.6 Å². The molecule has 1 aromatic heterocycles. The molecule has 1 aromatic carbocycles. The molecule has 0 spiro atoms. The molecule has 152 valence electrons. The highest BCUT2D eigenvalue weighted by Crippen LogP contribution is 2.61. The summed E-state index contributed by atoms with van der Waals surface area (Å²) in [6.45, 7) is 0. The van der Waals surface area contributed by atoms with Crippen LogP contribution in [0, 0.1) is 23.7 Å². The minimum absolute atomic E-state index is 0.00652. The molecule has 1 heterocycles. The molecule has 0 unspecified atom stereocenters. The Kier molecular flexibility index (Phi) is 4.13. The Labute approximate surface area is 172 Å². The molecule has 6 rings (SSSR count). The van der Waals surface area contributed by atoms with Crippen molar-refractivity contribution >= 4 is 28.9 Å². The van der Waals surface area contributed by atoms with Gasteiger partial charge in [0.05, 0.1) is 23.3 Å². The first-order chi connectivity index (χ1) is 13.9. The van der Waals surface area contributed by atoms with Crippen LogP contribution in [0.15, 0.2) is 35.3 Å². The monoisotopic (exact) mass is 415 g/mol. The van der Waals surface area contributed by atoms with Gasteiger partial charge in [-0.25, -0.2) is 4.68 Å². The molecule has 4 fully saturated rings. The summed E-state index contributed by atoms with van der Waals surface area (Å²) in [7, 11) is 0. The third-order valence-corrected chi connectivity index (χ3v) is 7.39. The third-order valence-electron chi connectivity index (χ3n) is 7.03. The number of nitrogens with one attached hydrogen (secondary N) is 1. The van der Waals surface area contributed by atoms with Gasteiger partial charge in [0.25, 0.3) is 5.56 Å². The average molecular weight is 416 g/mol. The average Bonchev–Trinajstić information content (AvgIpc) is 2.66. The fourth-order valence-electron chi connectivity index (χ4n) is 6.27. The van der Waals surface area contributed by atoms with Crippen molar-refractivity contribution in [2.24, 2.45) is 23.7 Å². The van der Waals surface area contributed by atoms with Crippen LogP contribution in [-0.4, -0.2) is 26.0 Å². The molecule has 0 amide bonds. The van der Waals surface area contributed by atoms with E-state index in [4.69, 9.17) is 11.6 Å². The number of benzene rings is 1. The highest BCUT2D eigenvalue weighted by molar-refractivity contribution is 6.33. The van der Waals surface area contributed by atoms with Crippen LogP contribution in [0.4, 0.5) is 11.4 Å². The van der Waals surface area contributed by atoms with Crippen LogP contribution in [0.5, 0.6) is 5.75 Å². The van der Waals surface area contributed by atoms with E-state index in [0.717, 1.165) is 19.3 Å². The number of rotatable bonds is 4. The quantitative estimate of drug-likeness (QED) is 0.659. The van der Waals surface area contributed by atoms with Crippen molar-refractivity contribution in [1.82, 2.24) is 9.78 Å². The van der Waals surface area contributed by atoms with E-state index in [1.54, 1.807) is 12.1 Å². The van der Waals surface area contributed by atoms with E-state index < -0.39 is 23.0 Å². The summed E-state index contributed by atoms with van der Waals surface area (Å²) < 4.78 is 1.38. The van der Waals surface area contributed by atoms with Crippen LogP contribution in [0.3, 0.4) is 0 Å². The second-order valence-corrected chi connectivity index (χ2v) is 9.17. The van der Waals surface area contributed by atoms with Gasteiger partial charge in [0.15, 0.2) is 0 Å². The van der Waals surface area contributed by atoms with Crippen molar-refractivity contribution < 1.29 is 15.0 Å². The molecule has 4 bridgehead atoms. The molecule has 7 nitrogen and oxygen atoms in total. The van der Waals surface area contributed by atoms with E-state index in [0.29, 0.717) is 36.1 Å². The van der Waals surface area contributed by atoms with Gasteiger partial charge in [0.2, 0.25) is 0 Å². The highest BCUT2D eigenvalue weighted by atomic mass is 35.5. The predicted molar refractivity (Wildman–Crippen MR) is 108 cm³/mol. The zero-order chi connectivity index (χ0) is 20.3. The fraction of sp³-hybridized carbons (Fsp3) is 0.476. The number of hydrogen-bond donors (Lipinski definition) is 3. The minimum Gasteiger partial charge on any atom is -0.508 e. The third kappa shape index (κ3) is 2.82. The Hall–Kier alpha value is -2.54. The summed E-state index contributed by atoms with van der Waals surface area (Å²) in [6.07, 6.45) is 5.81. The number of carbonyl (C=O) groups is 1. The largest absolute Gasteiger partial charge is 0.508 e. The minimum atomic E-state index is -0.843. The molecular formula is C21H22ClN3O4. The second-order valence-electron chi connectivity index (χ2n) is 8.79. The molecule has 3 N–H and O–H groups in total. The molecule has 4 saturated carbocycles. The van der Waals surface area contributed by atoms with Crippen LogP contribution in [0.2, 0.25) is 5.02 Å². The zero-order valence-corrected chi connectivity index (χ0v) is 16.5. The van der Waals surface area contributed by atoms with E-state index in [1.165, 1.54) is 23.0 Å². The van der Waals surface area contributed by atoms with E-state index in [1.807, 2.05) is 0 Å². The molecule has 2 aromatic rings. The van der Waals surface area contributed by atoms with Gasteiger partial charge in [-0.3, -0.25) is 9.59 Å². The summed E-state index contributed by atoms with van der Waals surface area (Å²) >= 11 is 6.41. The first-order valence-electron chi connectivity index (χ1n) is 9.94. The Bertz CT molecular complexity index is 1020. The van der Waals surface area contributed by atoms with Crippen LogP contribution in [0.1, 0.15) is 32.1 Å². The summed E-state index contributed by atoms with van der Waals surface area (Å²) in [6, 6.07) is 6.38. The fourth-order valence-corrected chi connectivity index (χ4v) is 6.45. The summed E-state index contributed by atoms with van der Waals surface area (Å²) in [5.41, 5.74) is -0.237. The second kappa shape index (κ2) is 6.49. The molecule has 4 aliphatic carbocycles. The maximum atomic E-state index is 13.2. The van der Waals surface area contributed by atoms with E-state index >= 15 is 0 Å². The molecule has 0 aliphatic heterocycles. The summed E-state index contributed by atoms with van der Waals surface area (Å²) in [5.74, 6) is -0.314. The number of aromatic nitrogens is 2. The number of carboxylic acid groups (broad SMARTS) is 1. The van der Waals surface area contributed by atoms with E-state index in [-0.39, 0.29) is 16.7 Å². The number of aromatic hydroxyl groups is 1. The van der Waals surface area contributed by atoms with Crippen molar-refractivity contribution in [3.8, 4) is 5.75 Å². The maximum Gasteiger partial charge on any atom is 0.309 e. The van der Waals surface area contributed by atoms with Crippen molar-refractivity contribution in [3.63, 3.8) is 0 Å². The Morgan fingerprint density at radius 2 is 1.83 bits per heavy atom. The van der Waals surface area contributed by atoms with Crippen molar-refractivity contribution in [1.29, 1.82) is 0 Å². The Morgan fingerprint density at radius 3 is 2.45 bits per heavy atom. The number of phenols is 1. The standard InChI is InChI=1S/C21H22ClN3O4/c22-18-16(24-14-1-3-15(26)4-2-14)10-23-25(19(18)27)21-8-11-5-12(9-21)7-13(6-11)17(21)20(28)29/h1-4,10-13,17,24,26H,5-9H2,(H,28,29)/t11-,12-,13?,17-,21?/m1/s1. The smallest absolute Gasteiger partial charge is 0.309 e. The van der Waals surface area contributed by atoms with Crippen LogP contribution < -0.4 is 10.9 Å². The molecule has 29 heavy (non-hydrogen) atoms. The van der Waals surface area contributed by atoms with E-state index in [2.05, 4.69) is 10.4 Å². The maximum absolute atomic E-state index is 13.2. The van der Waals surface area contributed by atoms with Gasteiger partial charge >= 0.3 is 5.97 Å². The number of hydrogen-bond acceptors (Lipinski definition) is 5. The lowest BCUT2D eigenvalue weighted by Crippen LogP contribution is -2.63. The first kappa shape index (κ1) is 18.5. The van der Waals surface area contributed by atoms with Crippen molar-refractivity contribution in [2.75, 3.05) is 5.32 Å². The summed E-state index contributed by atoms with van der Waals surface area (Å²) in [5, 5.41) is 26.9. The lowest BCUT2D eigenvalue weighted by Gasteiger charge is -2.59. The number of phenolic OH excluding ortho intramolecular Hbond substituents is 1. The van der Waals surface area contributed by atoms with Gasteiger partial charge in [-0.15, -0.1) is 0 Å². The molecule has 4 aliphatic rings. The zero-order valence-electron chi connectivity index (χ0n) is 15.7. The van der Waals surface area contributed by atoms with Crippen molar-refractivity contribution in [2.45, 2.75) is 37.6 Å². The number of aliphatic carboxylic acids is 1. The van der Waals surface area contributed by atoms with Gasteiger partial charge in [0.1, 0.15) is 10.8 Å². The topological polar surface area (TPSA) is 104 Å². The van der Waals surface area contributed by atoms with Gasteiger partial charge in [-0.05, 0) is 74.1 Å². The first-order valence-corrected chi connectivity index (χ1v) is 10.3. The Balaban J connectivity index is 1.55.